The van der Waals surface area contributed by atoms with Crippen molar-refractivity contribution in [2.24, 2.45) is 10.9 Å². The highest BCUT2D eigenvalue weighted by atomic mass is 35.5. The van der Waals surface area contributed by atoms with Crippen LogP contribution in [0, 0.1) is 0 Å². The molecule has 2 aromatic heterocycles. The van der Waals surface area contributed by atoms with E-state index in [0.29, 0.717) is 20.7 Å². The van der Waals surface area contributed by atoms with Crippen LogP contribution in [-0.2, 0) is 11.6 Å². The molecule has 2 heterocycles. The maximum absolute atomic E-state index is 12.0. The highest BCUT2D eigenvalue weighted by molar-refractivity contribution is 7.12. The van der Waals surface area contributed by atoms with E-state index in [9.17, 15) is 4.79 Å². The van der Waals surface area contributed by atoms with Crippen LogP contribution < -0.4 is 10.5 Å². The van der Waals surface area contributed by atoms with Gasteiger partial charge < -0.3 is 15.3 Å². The first-order valence-corrected chi connectivity index (χ1v) is 8.87. The second-order valence-corrected chi connectivity index (χ2v) is 6.66. The molecule has 0 aliphatic heterocycles. The van der Waals surface area contributed by atoms with E-state index in [4.69, 9.17) is 38.5 Å². The van der Waals surface area contributed by atoms with Crippen LogP contribution in [0.3, 0.4) is 0 Å². The number of halogens is 2. The molecule has 0 saturated heterocycles. The van der Waals surface area contributed by atoms with Gasteiger partial charge in [-0.1, -0.05) is 40.5 Å². The predicted octanol–water partition coefficient (Wildman–Crippen LogP) is 3.77. The number of para-hydroxylation sites is 1. The van der Waals surface area contributed by atoms with E-state index in [-0.39, 0.29) is 18.3 Å². The molecule has 134 valence electrons. The van der Waals surface area contributed by atoms with Crippen molar-refractivity contribution in [3.63, 3.8) is 0 Å². The van der Waals surface area contributed by atoms with Crippen molar-refractivity contribution in [3.8, 4) is 5.75 Å². The van der Waals surface area contributed by atoms with Gasteiger partial charge in [0.25, 0.3) is 0 Å². The van der Waals surface area contributed by atoms with Crippen LogP contribution in [0.25, 0.3) is 0 Å². The molecule has 0 saturated carbocycles. The first-order chi connectivity index (χ1) is 12.5. The lowest BCUT2D eigenvalue weighted by molar-refractivity contribution is 0.0507. The maximum atomic E-state index is 12.0. The summed E-state index contributed by atoms with van der Waals surface area (Å²) in [5.41, 5.74) is 5.78. The van der Waals surface area contributed by atoms with Crippen LogP contribution in [0.4, 0.5) is 0 Å². The lowest BCUT2D eigenvalue weighted by Gasteiger charge is -2.09. The van der Waals surface area contributed by atoms with Crippen molar-refractivity contribution in [2.45, 2.75) is 6.73 Å². The highest BCUT2D eigenvalue weighted by Gasteiger charge is 2.13. The number of carbonyl (C=O) groups excluding carboxylic acids is 1. The first-order valence-electron chi connectivity index (χ1n) is 7.23. The minimum atomic E-state index is -0.737. The van der Waals surface area contributed by atoms with Crippen LogP contribution in [-0.4, -0.2) is 21.6 Å². The van der Waals surface area contributed by atoms with Crippen molar-refractivity contribution in [3.05, 3.63) is 68.6 Å². The molecule has 0 bridgehead atoms. The third-order valence-corrected chi connectivity index (χ3v) is 4.60. The zero-order valence-corrected chi connectivity index (χ0v) is 15.5. The number of thiophene rings is 1. The summed E-state index contributed by atoms with van der Waals surface area (Å²) in [6.45, 7) is 0.0112. The molecule has 0 fully saturated rings. The van der Waals surface area contributed by atoms with Gasteiger partial charge in [0.05, 0.1) is 14.9 Å². The highest BCUT2D eigenvalue weighted by Crippen LogP contribution is 2.32. The van der Waals surface area contributed by atoms with Gasteiger partial charge in [-0.05, 0) is 29.6 Å². The van der Waals surface area contributed by atoms with Crippen molar-refractivity contribution in [1.82, 2.24) is 9.78 Å². The molecule has 7 nitrogen and oxygen atoms in total. The Morgan fingerprint density at radius 1 is 1.23 bits per heavy atom. The van der Waals surface area contributed by atoms with Gasteiger partial charge in [-0.25, -0.2) is 9.48 Å². The van der Waals surface area contributed by atoms with Crippen LogP contribution in [0.2, 0.25) is 10.0 Å². The molecule has 3 rings (SSSR count). The molecular weight excluding hydrogens is 399 g/mol. The summed E-state index contributed by atoms with van der Waals surface area (Å²) in [5, 5.41) is 10.3. The summed E-state index contributed by atoms with van der Waals surface area (Å²) in [6, 6.07) is 10.1. The van der Waals surface area contributed by atoms with E-state index >= 15 is 0 Å². The SMILES string of the molecule is N/C(=N\OC(=O)c1ccn(COc2c(Cl)cccc2Cl)n1)c1cccs1. The molecule has 0 aliphatic carbocycles. The molecule has 26 heavy (non-hydrogen) atoms. The lowest BCUT2D eigenvalue weighted by atomic mass is 10.3. The van der Waals surface area contributed by atoms with Gasteiger partial charge in [-0.15, -0.1) is 11.3 Å². The number of amidine groups is 1. The fourth-order valence-corrected chi connectivity index (χ4v) is 3.03. The molecule has 0 atom stereocenters. The number of nitrogens with zero attached hydrogens (tertiary/aromatic N) is 3. The number of carbonyl (C=O) groups is 1. The number of aromatic nitrogens is 2. The maximum Gasteiger partial charge on any atom is 0.385 e. The van der Waals surface area contributed by atoms with Gasteiger partial charge >= 0.3 is 5.97 Å². The monoisotopic (exact) mass is 410 g/mol. The Labute approximate surface area is 162 Å². The molecule has 0 aliphatic rings. The van der Waals surface area contributed by atoms with Crippen LogP contribution in [0.5, 0.6) is 5.75 Å². The average molecular weight is 411 g/mol. The fourth-order valence-electron chi connectivity index (χ4n) is 1.90. The standard InChI is InChI=1S/C16H12Cl2N4O3S/c17-10-3-1-4-11(18)14(10)24-9-22-7-6-12(20-22)16(23)25-21-15(19)13-5-2-8-26-13/h1-8H,9H2,(H2,19,21). The molecule has 0 amide bonds. The molecule has 3 aromatic rings. The largest absolute Gasteiger partial charge is 0.468 e. The van der Waals surface area contributed by atoms with Gasteiger partial charge in [-0.3, -0.25) is 0 Å². The van der Waals surface area contributed by atoms with Gasteiger partial charge in [0, 0.05) is 6.20 Å². The lowest BCUT2D eigenvalue weighted by Crippen LogP contribution is -2.14. The van der Waals surface area contributed by atoms with E-state index in [0.717, 1.165) is 0 Å². The third-order valence-electron chi connectivity index (χ3n) is 3.11. The Morgan fingerprint density at radius 3 is 2.69 bits per heavy atom. The minimum Gasteiger partial charge on any atom is -0.468 e. The molecule has 0 unspecified atom stereocenters. The van der Waals surface area contributed by atoms with Gasteiger partial charge in [-0.2, -0.15) is 5.10 Å². The zero-order valence-electron chi connectivity index (χ0n) is 13.1. The number of hydrogen-bond acceptors (Lipinski definition) is 6. The van der Waals surface area contributed by atoms with Crippen molar-refractivity contribution < 1.29 is 14.4 Å². The number of nitrogens with two attached hydrogens (primary N) is 1. The number of oxime groups is 1. The van der Waals surface area contributed by atoms with Crippen molar-refractivity contribution >= 4 is 46.3 Å². The quantitative estimate of drug-likeness (QED) is 0.289. The molecule has 2 N–H and O–H groups in total. The van der Waals surface area contributed by atoms with Gasteiger partial charge in [0.15, 0.2) is 24.0 Å². The number of hydrogen-bond donors (Lipinski definition) is 1. The Hall–Kier alpha value is -2.55. The van der Waals surface area contributed by atoms with Crippen LogP contribution in [0.15, 0.2) is 53.1 Å². The number of benzene rings is 1. The number of rotatable bonds is 6. The molecule has 0 radical (unpaired) electrons. The molecular formula is C16H12Cl2N4O3S. The summed E-state index contributed by atoms with van der Waals surface area (Å²) in [4.78, 5) is 17.5. The smallest absolute Gasteiger partial charge is 0.385 e. The van der Waals surface area contributed by atoms with E-state index in [1.54, 1.807) is 30.5 Å². The second kappa shape index (κ2) is 8.22. The summed E-state index contributed by atoms with van der Waals surface area (Å²) >= 11 is 13.4. The molecule has 10 heteroatoms. The van der Waals surface area contributed by atoms with Gasteiger partial charge in [0.2, 0.25) is 0 Å². The van der Waals surface area contributed by atoms with Crippen molar-refractivity contribution in [2.75, 3.05) is 0 Å². The molecule has 0 spiro atoms. The number of ether oxygens (including phenoxy) is 1. The normalized spacial score (nSPS) is 11.4. The fraction of sp³-hybridized carbons (Fsp3) is 0.0625. The third kappa shape index (κ3) is 4.34. The van der Waals surface area contributed by atoms with Gasteiger partial charge in [0.1, 0.15) is 0 Å². The average Bonchev–Trinajstić information content (AvgIpc) is 3.31. The van der Waals surface area contributed by atoms with E-state index in [2.05, 4.69) is 10.3 Å². The molecule has 1 aromatic carbocycles. The Bertz CT molecular complexity index is 921. The van der Waals surface area contributed by atoms with E-state index < -0.39 is 5.97 Å². The Morgan fingerprint density at radius 2 is 2.00 bits per heavy atom. The predicted molar refractivity (Wildman–Crippen MR) is 99.8 cm³/mol. The summed E-state index contributed by atoms with van der Waals surface area (Å²) in [5.74, 6) is -0.285. The minimum absolute atomic E-state index is 0.0112. The Kier molecular flexibility index (Phi) is 5.77. The summed E-state index contributed by atoms with van der Waals surface area (Å²) in [7, 11) is 0. The first kappa shape index (κ1) is 18.2. The van der Waals surface area contributed by atoms with Crippen LogP contribution in [0.1, 0.15) is 15.4 Å². The van der Waals surface area contributed by atoms with Crippen molar-refractivity contribution in [1.29, 1.82) is 0 Å². The topological polar surface area (TPSA) is 91.7 Å². The summed E-state index contributed by atoms with van der Waals surface area (Å²) < 4.78 is 6.92. The second-order valence-electron chi connectivity index (χ2n) is 4.90. The summed E-state index contributed by atoms with van der Waals surface area (Å²) in [6.07, 6.45) is 1.55. The Balaban J connectivity index is 1.60. The van der Waals surface area contributed by atoms with E-state index in [1.807, 2.05) is 11.4 Å². The van der Waals surface area contributed by atoms with Crippen LogP contribution >= 0.6 is 34.5 Å². The van der Waals surface area contributed by atoms with E-state index in [1.165, 1.54) is 22.1 Å². The zero-order chi connectivity index (χ0) is 18.5.